The smallest absolute Gasteiger partial charge is 0.283 e. The zero-order valence-electron chi connectivity index (χ0n) is 16.0. The van der Waals surface area contributed by atoms with E-state index in [0.29, 0.717) is 27.9 Å². The van der Waals surface area contributed by atoms with E-state index in [2.05, 4.69) is 15.5 Å². The van der Waals surface area contributed by atoms with Gasteiger partial charge in [0.15, 0.2) is 17.1 Å². The molecule has 0 aliphatic heterocycles. The van der Waals surface area contributed by atoms with Crippen LogP contribution in [0.25, 0.3) is 16.7 Å². The summed E-state index contributed by atoms with van der Waals surface area (Å²) >= 11 is 6.03. The van der Waals surface area contributed by atoms with Crippen molar-refractivity contribution < 1.29 is 14.3 Å². The Kier molecular flexibility index (Phi) is 5.11. The second-order valence-electron chi connectivity index (χ2n) is 6.20. The Morgan fingerprint density at radius 3 is 2.63 bits per heavy atom. The molecule has 10 heteroatoms. The maximum Gasteiger partial charge on any atom is 0.283 e. The topological polar surface area (TPSA) is 100 Å². The predicted molar refractivity (Wildman–Crippen MR) is 111 cm³/mol. The third kappa shape index (κ3) is 3.46. The number of nitrogens with zero attached hydrogens (tertiary/aromatic N) is 4. The molecule has 0 spiro atoms. The monoisotopic (exact) mass is 425 g/mol. The summed E-state index contributed by atoms with van der Waals surface area (Å²) in [6, 6.07) is 11.7. The highest BCUT2D eigenvalue weighted by Crippen LogP contribution is 2.27. The molecule has 0 aliphatic rings. The molecule has 152 valence electrons. The molecule has 0 unspecified atom stereocenters. The summed E-state index contributed by atoms with van der Waals surface area (Å²) in [6.07, 6.45) is 2.62. The molecule has 1 N–H and O–H groups in total. The van der Waals surface area contributed by atoms with Crippen LogP contribution in [0.5, 0.6) is 11.5 Å². The van der Waals surface area contributed by atoms with Crippen molar-refractivity contribution in [2.75, 3.05) is 19.6 Å². The first kappa shape index (κ1) is 19.5. The normalized spacial score (nSPS) is 10.8. The molecular weight excluding hydrogens is 410 g/mol. The fourth-order valence-electron chi connectivity index (χ4n) is 2.94. The summed E-state index contributed by atoms with van der Waals surface area (Å²) in [5.41, 5.74) is 3.34. The first-order chi connectivity index (χ1) is 14.5. The molecule has 0 bridgehead atoms. The third-order valence-corrected chi connectivity index (χ3v) is 4.64. The fourth-order valence-corrected chi connectivity index (χ4v) is 3.12. The highest BCUT2D eigenvalue weighted by Gasteiger charge is 2.15. The van der Waals surface area contributed by atoms with Gasteiger partial charge in [-0.2, -0.15) is 5.10 Å². The highest BCUT2D eigenvalue weighted by molar-refractivity contribution is 6.30. The number of rotatable bonds is 5. The lowest BCUT2D eigenvalue weighted by Crippen LogP contribution is -2.33. The molecular formula is C20H16ClN5O4. The van der Waals surface area contributed by atoms with Crippen molar-refractivity contribution in [1.82, 2.24) is 19.4 Å². The molecule has 4 rings (SSSR count). The second kappa shape index (κ2) is 7.88. The lowest BCUT2D eigenvalue weighted by molar-refractivity contribution is 0.101. The van der Waals surface area contributed by atoms with Crippen molar-refractivity contribution >= 4 is 28.5 Å². The van der Waals surface area contributed by atoms with E-state index in [1.807, 2.05) is 0 Å². The van der Waals surface area contributed by atoms with Crippen LogP contribution in [0.4, 0.5) is 0 Å². The number of hydrogen-bond donors (Lipinski definition) is 1. The van der Waals surface area contributed by atoms with Crippen LogP contribution in [0.15, 0.2) is 59.8 Å². The van der Waals surface area contributed by atoms with E-state index in [9.17, 15) is 9.59 Å². The lowest BCUT2D eigenvalue weighted by atomic mass is 10.2. The number of benzene rings is 2. The number of halogens is 1. The van der Waals surface area contributed by atoms with Gasteiger partial charge in [-0.15, -0.1) is 0 Å². The summed E-state index contributed by atoms with van der Waals surface area (Å²) in [6.45, 7) is 0. The first-order valence-corrected chi connectivity index (χ1v) is 9.14. The van der Waals surface area contributed by atoms with Crippen molar-refractivity contribution in [3.63, 3.8) is 0 Å². The second-order valence-corrected chi connectivity index (χ2v) is 6.64. The van der Waals surface area contributed by atoms with E-state index in [1.54, 1.807) is 36.4 Å². The Labute approximate surface area is 175 Å². The fraction of sp³-hybridized carbons (Fsp3) is 0.100. The number of amides is 1. The number of hydrogen-bond acceptors (Lipinski definition) is 6. The van der Waals surface area contributed by atoms with E-state index in [0.717, 1.165) is 4.68 Å². The molecule has 0 aliphatic carbocycles. The van der Waals surface area contributed by atoms with Crippen molar-refractivity contribution in [1.29, 1.82) is 0 Å². The van der Waals surface area contributed by atoms with Gasteiger partial charge in [0.2, 0.25) is 0 Å². The van der Waals surface area contributed by atoms with Crippen LogP contribution in [0, 0.1) is 0 Å². The van der Waals surface area contributed by atoms with Crippen molar-refractivity contribution in [3.8, 4) is 17.2 Å². The van der Waals surface area contributed by atoms with Crippen LogP contribution in [0.2, 0.25) is 5.02 Å². The molecule has 0 radical (unpaired) electrons. The molecule has 9 nitrogen and oxygen atoms in total. The molecule has 0 saturated heterocycles. The highest BCUT2D eigenvalue weighted by atomic mass is 35.5. The predicted octanol–water partition coefficient (Wildman–Crippen LogP) is 2.64. The minimum Gasteiger partial charge on any atom is -0.493 e. The van der Waals surface area contributed by atoms with Crippen LogP contribution in [-0.2, 0) is 0 Å². The Hall–Kier alpha value is -3.85. The van der Waals surface area contributed by atoms with E-state index in [-0.39, 0.29) is 10.9 Å². The maximum atomic E-state index is 12.8. The van der Waals surface area contributed by atoms with Crippen LogP contribution in [0.1, 0.15) is 10.4 Å². The molecule has 4 aromatic rings. The molecule has 0 fully saturated rings. The zero-order chi connectivity index (χ0) is 21.3. The van der Waals surface area contributed by atoms with Crippen LogP contribution >= 0.6 is 11.6 Å². The molecule has 2 aromatic carbocycles. The van der Waals surface area contributed by atoms with Gasteiger partial charge in [0, 0.05) is 10.6 Å². The quantitative estimate of drug-likeness (QED) is 0.527. The van der Waals surface area contributed by atoms with Crippen LogP contribution in [-0.4, -0.2) is 39.6 Å². The Morgan fingerprint density at radius 2 is 1.90 bits per heavy atom. The average Bonchev–Trinajstić information content (AvgIpc) is 3.20. The van der Waals surface area contributed by atoms with Crippen molar-refractivity contribution in [2.45, 2.75) is 0 Å². The number of fused-ring (bicyclic) bond motifs is 1. The zero-order valence-corrected chi connectivity index (χ0v) is 16.8. The van der Waals surface area contributed by atoms with Gasteiger partial charge >= 0.3 is 0 Å². The number of aromatic nitrogens is 4. The SMILES string of the molecule is COc1ccc(C(=O)Nn2cnc3c(cnn3-c3cccc(Cl)c3)c2=O)cc1OC. The molecule has 0 atom stereocenters. The first-order valence-electron chi connectivity index (χ1n) is 8.76. The minimum atomic E-state index is -0.513. The van der Waals surface area contributed by atoms with Gasteiger partial charge in [0.25, 0.3) is 11.5 Å². The third-order valence-electron chi connectivity index (χ3n) is 4.41. The molecule has 2 heterocycles. The van der Waals surface area contributed by atoms with Crippen molar-refractivity contribution in [3.05, 3.63) is 75.9 Å². The average molecular weight is 426 g/mol. The van der Waals surface area contributed by atoms with Gasteiger partial charge in [-0.3, -0.25) is 15.0 Å². The largest absolute Gasteiger partial charge is 0.493 e. The Balaban J connectivity index is 1.67. The van der Waals surface area contributed by atoms with Gasteiger partial charge in [-0.25, -0.2) is 14.3 Å². The van der Waals surface area contributed by atoms with E-state index in [1.165, 1.54) is 37.5 Å². The minimum absolute atomic E-state index is 0.241. The Bertz CT molecular complexity index is 1310. The molecule has 2 aromatic heterocycles. The number of carbonyl (C=O) groups excluding carboxylic acids is 1. The molecule has 1 amide bonds. The number of methoxy groups -OCH3 is 2. The summed E-state index contributed by atoms with van der Waals surface area (Å²) in [5, 5.41) is 5.00. The van der Waals surface area contributed by atoms with Gasteiger partial charge in [0.05, 0.1) is 26.1 Å². The standard InChI is InChI=1S/C20H16ClN5O4/c1-29-16-7-6-12(8-17(16)30-2)19(27)24-25-11-22-18-15(20(25)28)10-23-26(18)14-5-3-4-13(21)9-14/h3-11H,1-2H3,(H,24,27). The maximum absolute atomic E-state index is 12.8. The van der Waals surface area contributed by atoms with Gasteiger partial charge < -0.3 is 9.47 Å². The Morgan fingerprint density at radius 1 is 1.10 bits per heavy atom. The lowest BCUT2D eigenvalue weighted by Gasteiger charge is -2.11. The van der Waals surface area contributed by atoms with Gasteiger partial charge in [-0.05, 0) is 36.4 Å². The van der Waals surface area contributed by atoms with Crippen LogP contribution in [0.3, 0.4) is 0 Å². The summed E-state index contributed by atoms with van der Waals surface area (Å²) in [5.74, 6) is 0.373. The number of nitrogens with one attached hydrogen (secondary N) is 1. The summed E-state index contributed by atoms with van der Waals surface area (Å²) in [4.78, 5) is 29.7. The van der Waals surface area contributed by atoms with E-state index < -0.39 is 11.5 Å². The van der Waals surface area contributed by atoms with Crippen molar-refractivity contribution in [2.24, 2.45) is 0 Å². The van der Waals surface area contributed by atoms with Gasteiger partial charge in [-0.1, -0.05) is 17.7 Å². The van der Waals surface area contributed by atoms with E-state index >= 15 is 0 Å². The van der Waals surface area contributed by atoms with Crippen LogP contribution < -0.4 is 20.5 Å². The molecule has 30 heavy (non-hydrogen) atoms. The molecule has 0 saturated carbocycles. The van der Waals surface area contributed by atoms with Gasteiger partial charge in [0.1, 0.15) is 11.7 Å². The van der Waals surface area contributed by atoms with E-state index in [4.69, 9.17) is 21.1 Å². The number of ether oxygens (including phenoxy) is 2. The number of carbonyl (C=O) groups is 1. The summed E-state index contributed by atoms with van der Waals surface area (Å²) in [7, 11) is 2.97. The summed E-state index contributed by atoms with van der Waals surface area (Å²) < 4.78 is 12.9.